The van der Waals surface area contributed by atoms with Crippen LogP contribution in [0.1, 0.15) is 6.42 Å². The van der Waals surface area contributed by atoms with Crippen molar-refractivity contribution in [1.82, 2.24) is 5.32 Å². The maximum absolute atomic E-state index is 11.7. The summed E-state index contributed by atoms with van der Waals surface area (Å²) in [7, 11) is 0. The van der Waals surface area contributed by atoms with E-state index in [2.05, 4.69) is 33.2 Å². The third-order valence-electron chi connectivity index (χ3n) is 2.55. The molecule has 0 unspecified atom stereocenters. The summed E-state index contributed by atoms with van der Waals surface area (Å²) in [6.07, 6.45) is 0.589. The standard InChI is InChI=1S/C11H12ClIN2O/c12-8-1-2-10(9(13)4-8)15-11(16)3-7-5-14-6-7/h1-2,4,7,14H,3,5-6H2,(H,15,16). The molecule has 1 aliphatic rings. The van der Waals surface area contributed by atoms with E-state index in [-0.39, 0.29) is 5.91 Å². The Balaban J connectivity index is 1.94. The zero-order valence-electron chi connectivity index (χ0n) is 8.59. The van der Waals surface area contributed by atoms with Crippen molar-refractivity contribution in [2.45, 2.75) is 6.42 Å². The van der Waals surface area contributed by atoms with Crippen molar-refractivity contribution >= 4 is 45.8 Å². The normalized spacial score (nSPS) is 15.6. The van der Waals surface area contributed by atoms with Crippen molar-refractivity contribution in [2.75, 3.05) is 18.4 Å². The average Bonchev–Trinajstić information content (AvgIpc) is 2.16. The van der Waals surface area contributed by atoms with E-state index in [4.69, 9.17) is 11.6 Å². The molecule has 0 aliphatic carbocycles. The number of halogens is 2. The largest absolute Gasteiger partial charge is 0.325 e. The van der Waals surface area contributed by atoms with Crippen molar-refractivity contribution in [3.8, 4) is 0 Å². The van der Waals surface area contributed by atoms with Crippen LogP contribution in [0.4, 0.5) is 5.69 Å². The highest BCUT2D eigenvalue weighted by Gasteiger charge is 2.20. The van der Waals surface area contributed by atoms with Gasteiger partial charge in [0.05, 0.1) is 5.69 Å². The molecule has 0 atom stereocenters. The number of carbonyl (C=O) groups excluding carboxylic acids is 1. The number of benzene rings is 1. The second-order valence-corrected chi connectivity index (χ2v) is 5.50. The molecule has 1 aromatic rings. The van der Waals surface area contributed by atoms with Gasteiger partial charge >= 0.3 is 0 Å². The van der Waals surface area contributed by atoms with Crippen LogP contribution in [0.15, 0.2) is 18.2 Å². The van der Waals surface area contributed by atoms with E-state index < -0.39 is 0 Å². The van der Waals surface area contributed by atoms with E-state index in [1.807, 2.05) is 12.1 Å². The Morgan fingerprint density at radius 2 is 2.31 bits per heavy atom. The maximum atomic E-state index is 11.7. The first kappa shape index (κ1) is 12.1. The summed E-state index contributed by atoms with van der Waals surface area (Å²) in [6.45, 7) is 1.90. The fourth-order valence-corrected chi connectivity index (χ4v) is 2.55. The molecule has 1 heterocycles. The first-order valence-corrected chi connectivity index (χ1v) is 6.56. The predicted molar refractivity (Wildman–Crippen MR) is 73.8 cm³/mol. The van der Waals surface area contributed by atoms with Crippen molar-refractivity contribution in [3.05, 3.63) is 26.8 Å². The van der Waals surface area contributed by atoms with E-state index >= 15 is 0 Å². The summed E-state index contributed by atoms with van der Waals surface area (Å²) in [5.41, 5.74) is 0.835. The summed E-state index contributed by atoms with van der Waals surface area (Å²) in [5.74, 6) is 0.566. The van der Waals surface area contributed by atoms with E-state index in [1.54, 1.807) is 6.07 Å². The molecule has 0 radical (unpaired) electrons. The van der Waals surface area contributed by atoms with Crippen LogP contribution in [0.25, 0.3) is 0 Å². The molecule has 0 bridgehead atoms. The van der Waals surface area contributed by atoms with E-state index in [0.29, 0.717) is 17.4 Å². The molecule has 86 valence electrons. The molecule has 3 nitrogen and oxygen atoms in total. The fraction of sp³-hybridized carbons (Fsp3) is 0.364. The zero-order chi connectivity index (χ0) is 11.5. The van der Waals surface area contributed by atoms with Gasteiger partial charge < -0.3 is 10.6 Å². The molecule has 2 rings (SSSR count). The first-order valence-electron chi connectivity index (χ1n) is 5.11. The van der Waals surface area contributed by atoms with E-state index in [0.717, 1.165) is 22.3 Å². The Morgan fingerprint density at radius 3 is 2.88 bits per heavy atom. The number of hydrogen-bond acceptors (Lipinski definition) is 2. The molecule has 2 N–H and O–H groups in total. The lowest BCUT2D eigenvalue weighted by Crippen LogP contribution is -2.43. The lowest BCUT2D eigenvalue weighted by molar-refractivity contribution is -0.117. The SMILES string of the molecule is O=C(CC1CNC1)Nc1ccc(Cl)cc1I. The van der Waals surface area contributed by atoms with Crippen molar-refractivity contribution in [2.24, 2.45) is 5.92 Å². The van der Waals surface area contributed by atoms with Crippen LogP contribution in [0.3, 0.4) is 0 Å². The molecule has 5 heteroatoms. The van der Waals surface area contributed by atoms with Crippen LogP contribution < -0.4 is 10.6 Å². The molecule has 1 saturated heterocycles. The highest BCUT2D eigenvalue weighted by atomic mass is 127. The molecule has 16 heavy (non-hydrogen) atoms. The maximum Gasteiger partial charge on any atom is 0.224 e. The van der Waals surface area contributed by atoms with Crippen LogP contribution >= 0.6 is 34.2 Å². The van der Waals surface area contributed by atoms with Crippen LogP contribution in [-0.2, 0) is 4.79 Å². The lowest BCUT2D eigenvalue weighted by atomic mass is 9.99. The highest BCUT2D eigenvalue weighted by Crippen LogP contribution is 2.22. The number of amides is 1. The number of carbonyl (C=O) groups is 1. The molecule has 1 aliphatic heterocycles. The molecule has 0 aromatic heterocycles. The van der Waals surface area contributed by atoms with Gasteiger partial charge in [0.1, 0.15) is 0 Å². The van der Waals surface area contributed by atoms with Gasteiger partial charge in [-0.05, 0) is 59.8 Å². The van der Waals surface area contributed by atoms with Gasteiger partial charge in [0.15, 0.2) is 0 Å². The molecule has 1 amide bonds. The van der Waals surface area contributed by atoms with Crippen molar-refractivity contribution in [1.29, 1.82) is 0 Å². The number of hydrogen-bond donors (Lipinski definition) is 2. The summed E-state index contributed by atoms with van der Waals surface area (Å²) >= 11 is 8.01. The Hall–Kier alpha value is -0.330. The fourth-order valence-electron chi connectivity index (χ4n) is 1.55. The smallest absolute Gasteiger partial charge is 0.224 e. The summed E-state index contributed by atoms with van der Waals surface area (Å²) < 4.78 is 0.963. The second kappa shape index (κ2) is 5.33. The van der Waals surface area contributed by atoms with Gasteiger partial charge in [-0.25, -0.2) is 0 Å². The average molecular weight is 351 g/mol. The molecular weight excluding hydrogens is 338 g/mol. The number of anilines is 1. The molecule has 0 spiro atoms. The minimum atomic E-state index is 0.0757. The highest BCUT2D eigenvalue weighted by molar-refractivity contribution is 14.1. The Bertz CT molecular complexity index is 407. The lowest BCUT2D eigenvalue weighted by Gasteiger charge is -2.26. The summed E-state index contributed by atoms with van der Waals surface area (Å²) in [6, 6.07) is 5.45. The van der Waals surface area contributed by atoms with E-state index in [1.165, 1.54) is 0 Å². The van der Waals surface area contributed by atoms with Crippen LogP contribution in [-0.4, -0.2) is 19.0 Å². The van der Waals surface area contributed by atoms with Crippen LogP contribution in [0.5, 0.6) is 0 Å². The third-order valence-corrected chi connectivity index (χ3v) is 3.67. The number of rotatable bonds is 3. The molecule has 1 aromatic carbocycles. The number of nitrogens with one attached hydrogen (secondary N) is 2. The molecule has 0 saturated carbocycles. The Morgan fingerprint density at radius 1 is 1.56 bits per heavy atom. The first-order chi connectivity index (χ1) is 7.65. The molecular formula is C11H12ClIN2O. The van der Waals surface area contributed by atoms with Crippen molar-refractivity contribution in [3.63, 3.8) is 0 Å². The van der Waals surface area contributed by atoms with Gasteiger partial charge in [0, 0.05) is 15.0 Å². The Kier molecular flexibility index (Phi) is 4.05. The minimum Gasteiger partial charge on any atom is -0.325 e. The summed E-state index contributed by atoms with van der Waals surface area (Å²) in [5, 5.41) is 6.74. The zero-order valence-corrected chi connectivity index (χ0v) is 11.5. The third kappa shape index (κ3) is 3.09. The predicted octanol–water partition coefficient (Wildman–Crippen LogP) is 2.49. The van der Waals surface area contributed by atoms with Gasteiger partial charge in [-0.2, -0.15) is 0 Å². The Labute approximate surface area is 113 Å². The van der Waals surface area contributed by atoms with Gasteiger partial charge in [0.2, 0.25) is 5.91 Å². The van der Waals surface area contributed by atoms with Gasteiger partial charge in [-0.15, -0.1) is 0 Å². The quantitative estimate of drug-likeness (QED) is 0.823. The summed E-state index contributed by atoms with van der Waals surface area (Å²) in [4.78, 5) is 11.7. The monoisotopic (exact) mass is 350 g/mol. The van der Waals surface area contributed by atoms with Crippen LogP contribution in [0, 0.1) is 9.49 Å². The van der Waals surface area contributed by atoms with E-state index in [9.17, 15) is 4.79 Å². The van der Waals surface area contributed by atoms with Crippen LogP contribution in [0.2, 0.25) is 5.02 Å². The second-order valence-electron chi connectivity index (χ2n) is 3.90. The van der Waals surface area contributed by atoms with Crippen molar-refractivity contribution < 1.29 is 4.79 Å². The molecule has 1 fully saturated rings. The van der Waals surface area contributed by atoms with Gasteiger partial charge in [-0.3, -0.25) is 4.79 Å². The topological polar surface area (TPSA) is 41.1 Å². The van der Waals surface area contributed by atoms with Gasteiger partial charge in [0.25, 0.3) is 0 Å². The van der Waals surface area contributed by atoms with Gasteiger partial charge in [-0.1, -0.05) is 11.6 Å². The minimum absolute atomic E-state index is 0.0757.